The van der Waals surface area contributed by atoms with Crippen LogP contribution in [0.25, 0.3) is 0 Å². The summed E-state index contributed by atoms with van der Waals surface area (Å²) in [5, 5.41) is 0. The van der Waals surface area contributed by atoms with Crippen molar-refractivity contribution in [2.75, 3.05) is 5.73 Å². The maximum atomic E-state index is 13.3. The molecule has 0 spiro atoms. The van der Waals surface area contributed by atoms with E-state index in [-0.39, 0.29) is 35.9 Å². The summed E-state index contributed by atoms with van der Waals surface area (Å²) in [5.74, 6) is -1.56. The Kier molecular flexibility index (Phi) is 3.07. The zero-order valence-electron chi connectivity index (χ0n) is 10.3. The Morgan fingerprint density at radius 1 is 1.22 bits per heavy atom. The van der Waals surface area contributed by atoms with Gasteiger partial charge in [0.25, 0.3) is 0 Å². The van der Waals surface area contributed by atoms with E-state index in [1.165, 1.54) is 17.0 Å². The first-order chi connectivity index (χ1) is 8.41. The predicted octanol–water partition coefficient (Wildman–Crippen LogP) is 1.55. The van der Waals surface area contributed by atoms with Crippen LogP contribution in [0.1, 0.15) is 19.4 Å². The number of nitrogens with two attached hydrogens (primary N) is 1. The molecule has 2 N–H and O–H groups in total. The molecular weight excluding hydrogens is 235 g/mol. The summed E-state index contributed by atoms with van der Waals surface area (Å²) >= 11 is 0. The number of hydrogen-bond acceptors (Lipinski definition) is 3. The van der Waals surface area contributed by atoms with E-state index in [2.05, 4.69) is 0 Å². The van der Waals surface area contributed by atoms with E-state index in [9.17, 15) is 14.0 Å². The second-order valence-corrected chi connectivity index (χ2v) is 4.70. The van der Waals surface area contributed by atoms with Crippen LogP contribution < -0.4 is 5.73 Å². The Bertz CT molecular complexity index is 496. The third-order valence-electron chi connectivity index (χ3n) is 3.47. The molecule has 2 unspecified atom stereocenters. The summed E-state index contributed by atoms with van der Waals surface area (Å²) in [6, 6.07) is 4.30. The van der Waals surface area contributed by atoms with Crippen molar-refractivity contribution in [1.29, 1.82) is 0 Å². The largest absolute Gasteiger partial charge is 0.396 e. The minimum absolute atomic E-state index is 0.0551. The van der Waals surface area contributed by atoms with Crippen LogP contribution in [0.5, 0.6) is 0 Å². The average Bonchev–Trinajstić information content (AvgIpc) is 2.52. The minimum atomic E-state index is -0.535. The number of rotatable bonds is 2. The van der Waals surface area contributed by atoms with Crippen molar-refractivity contribution in [1.82, 2.24) is 4.90 Å². The van der Waals surface area contributed by atoms with Crippen molar-refractivity contribution >= 4 is 17.5 Å². The molecule has 0 saturated carbocycles. The Morgan fingerprint density at radius 3 is 2.28 bits per heavy atom. The van der Waals surface area contributed by atoms with Gasteiger partial charge in [-0.05, 0) is 17.7 Å². The number of amides is 2. The van der Waals surface area contributed by atoms with Gasteiger partial charge in [-0.1, -0.05) is 19.9 Å². The molecule has 1 aliphatic rings. The summed E-state index contributed by atoms with van der Waals surface area (Å²) in [6.45, 7) is 3.56. The third kappa shape index (κ3) is 1.96. The van der Waals surface area contributed by atoms with Gasteiger partial charge in [0, 0.05) is 11.8 Å². The highest BCUT2D eigenvalue weighted by Gasteiger charge is 2.41. The SMILES string of the molecule is CC1C(=O)N(Cc2ccc(N)c(F)c2)C(=O)C1C. The van der Waals surface area contributed by atoms with Crippen molar-refractivity contribution in [3.05, 3.63) is 29.6 Å². The van der Waals surface area contributed by atoms with Crippen molar-refractivity contribution < 1.29 is 14.0 Å². The molecule has 1 heterocycles. The molecular formula is C13H15FN2O2. The highest BCUT2D eigenvalue weighted by Crippen LogP contribution is 2.27. The average molecular weight is 250 g/mol. The lowest BCUT2D eigenvalue weighted by Gasteiger charge is -2.14. The molecule has 1 saturated heterocycles. The fraction of sp³-hybridized carbons (Fsp3) is 0.385. The normalized spacial score (nSPS) is 23.8. The predicted molar refractivity (Wildman–Crippen MR) is 64.7 cm³/mol. The summed E-state index contributed by atoms with van der Waals surface area (Å²) in [4.78, 5) is 24.9. The molecule has 0 aliphatic carbocycles. The van der Waals surface area contributed by atoms with E-state index in [0.29, 0.717) is 5.56 Å². The molecule has 18 heavy (non-hydrogen) atoms. The van der Waals surface area contributed by atoms with Crippen LogP contribution in [0.15, 0.2) is 18.2 Å². The molecule has 0 radical (unpaired) electrons. The second kappa shape index (κ2) is 4.40. The van der Waals surface area contributed by atoms with E-state index >= 15 is 0 Å². The summed E-state index contributed by atoms with van der Waals surface area (Å²) in [5.41, 5.74) is 5.99. The number of halogens is 1. The van der Waals surface area contributed by atoms with Gasteiger partial charge in [0.05, 0.1) is 12.2 Å². The smallest absolute Gasteiger partial charge is 0.233 e. The van der Waals surface area contributed by atoms with Crippen LogP contribution in [0.2, 0.25) is 0 Å². The van der Waals surface area contributed by atoms with Crippen molar-refractivity contribution in [3.63, 3.8) is 0 Å². The van der Waals surface area contributed by atoms with Crippen LogP contribution >= 0.6 is 0 Å². The number of carbonyl (C=O) groups excluding carboxylic acids is 2. The molecule has 0 aromatic heterocycles. The van der Waals surface area contributed by atoms with Gasteiger partial charge >= 0.3 is 0 Å². The second-order valence-electron chi connectivity index (χ2n) is 4.70. The highest BCUT2D eigenvalue weighted by molar-refractivity contribution is 6.04. The van der Waals surface area contributed by atoms with Crippen LogP contribution in [0.4, 0.5) is 10.1 Å². The molecule has 2 amide bonds. The van der Waals surface area contributed by atoms with Gasteiger partial charge in [0.1, 0.15) is 5.82 Å². The van der Waals surface area contributed by atoms with Gasteiger partial charge in [-0.2, -0.15) is 0 Å². The van der Waals surface area contributed by atoms with Crippen molar-refractivity contribution in [2.45, 2.75) is 20.4 Å². The lowest BCUT2D eigenvalue weighted by atomic mass is 10.00. The van der Waals surface area contributed by atoms with Gasteiger partial charge in [0.15, 0.2) is 0 Å². The zero-order chi connectivity index (χ0) is 13.4. The van der Waals surface area contributed by atoms with Crippen molar-refractivity contribution in [3.8, 4) is 0 Å². The van der Waals surface area contributed by atoms with Crippen LogP contribution in [0, 0.1) is 17.7 Å². The number of benzene rings is 1. The van der Waals surface area contributed by atoms with Crippen LogP contribution in [-0.4, -0.2) is 16.7 Å². The summed E-state index contributed by atoms with van der Waals surface area (Å²) in [7, 11) is 0. The first kappa shape index (κ1) is 12.5. The summed E-state index contributed by atoms with van der Waals surface area (Å²) in [6.07, 6.45) is 0. The maximum absolute atomic E-state index is 13.3. The van der Waals surface area contributed by atoms with Gasteiger partial charge < -0.3 is 5.73 Å². The van der Waals surface area contributed by atoms with Crippen LogP contribution in [0.3, 0.4) is 0 Å². The molecule has 0 bridgehead atoms. The quantitative estimate of drug-likeness (QED) is 0.639. The number of carbonyl (C=O) groups is 2. The standard InChI is InChI=1S/C13H15FN2O2/c1-7-8(2)13(18)16(12(7)17)6-9-3-4-11(15)10(14)5-9/h3-5,7-8H,6,15H2,1-2H3. The number of imide groups is 1. The monoisotopic (exact) mass is 250 g/mol. The first-order valence-electron chi connectivity index (χ1n) is 5.81. The van der Waals surface area contributed by atoms with E-state index in [4.69, 9.17) is 5.73 Å². The minimum Gasteiger partial charge on any atom is -0.396 e. The number of nitrogen functional groups attached to an aromatic ring is 1. The Hall–Kier alpha value is -1.91. The van der Waals surface area contributed by atoms with Gasteiger partial charge in [-0.25, -0.2) is 4.39 Å². The Labute approximate surface area is 105 Å². The molecule has 2 rings (SSSR count). The number of anilines is 1. The maximum Gasteiger partial charge on any atom is 0.233 e. The fourth-order valence-corrected chi connectivity index (χ4v) is 2.04. The van der Waals surface area contributed by atoms with Crippen LogP contribution in [-0.2, 0) is 16.1 Å². The van der Waals surface area contributed by atoms with Gasteiger partial charge in [-0.3, -0.25) is 14.5 Å². The molecule has 1 aliphatic heterocycles. The first-order valence-corrected chi connectivity index (χ1v) is 5.81. The lowest BCUT2D eigenvalue weighted by molar-refractivity contribution is -0.140. The molecule has 2 atom stereocenters. The summed E-state index contributed by atoms with van der Waals surface area (Å²) < 4.78 is 13.3. The molecule has 96 valence electrons. The highest BCUT2D eigenvalue weighted by atomic mass is 19.1. The van der Waals surface area contributed by atoms with Crippen molar-refractivity contribution in [2.24, 2.45) is 11.8 Å². The van der Waals surface area contributed by atoms with E-state index < -0.39 is 5.82 Å². The van der Waals surface area contributed by atoms with Gasteiger partial charge in [-0.15, -0.1) is 0 Å². The van der Waals surface area contributed by atoms with E-state index in [1.54, 1.807) is 19.9 Å². The van der Waals surface area contributed by atoms with E-state index in [0.717, 1.165) is 0 Å². The fourth-order valence-electron chi connectivity index (χ4n) is 2.04. The molecule has 1 aromatic carbocycles. The molecule has 1 fully saturated rings. The third-order valence-corrected chi connectivity index (χ3v) is 3.47. The Morgan fingerprint density at radius 2 is 1.78 bits per heavy atom. The lowest BCUT2D eigenvalue weighted by Crippen LogP contribution is -2.30. The number of likely N-dealkylation sites (tertiary alicyclic amines) is 1. The number of hydrogen-bond donors (Lipinski definition) is 1. The van der Waals surface area contributed by atoms with E-state index in [1.807, 2.05) is 0 Å². The zero-order valence-corrected chi connectivity index (χ0v) is 10.3. The molecule has 5 heteroatoms. The Balaban J connectivity index is 2.21. The molecule has 1 aromatic rings. The number of nitrogens with zero attached hydrogens (tertiary/aromatic N) is 1. The topological polar surface area (TPSA) is 63.4 Å². The van der Waals surface area contributed by atoms with Gasteiger partial charge in [0.2, 0.25) is 11.8 Å². The molecule has 4 nitrogen and oxygen atoms in total.